The fraction of sp³-hybridized carbons (Fsp3) is 0.353. The first-order chi connectivity index (χ1) is 12.5. The summed E-state index contributed by atoms with van der Waals surface area (Å²) in [4.78, 5) is 3.60. The normalized spacial score (nSPS) is 12.1. The van der Waals surface area contributed by atoms with Gasteiger partial charge in [-0.1, -0.05) is 25.4 Å². The highest BCUT2D eigenvalue weighted by molar-refractivity contribution is 6.30. The van der Waals surface area contributed by atoms with Gasteiger partial charge in [-0.3, -0.25) is 5.43 Å². The fourth-order valence-corrected chi connectivity index (χ4v) is 2.43. The summed E-state index contributed by atoms with van der Waals surface area (Å²) in [6.07, 6.45) is -1.78. The molecule has 0 aliphatic rings. The van der Waals surface area contributed by atoms with Crippen molar-refractivity contribution in [3.05, 3.63) is 40.2 Å². The lowest BCUT2D eigenvalue weighted by atomic mass is 10.2. The first-order valence-corrected chi connectivity index (χ1v) is 8.32. The van der Waals surface area contributed by atoms with Gasteiger partial charge in [-0.15, -0.1) is 0 Å². The summed E-state index contributed by atoms with van der Waals surface area (Å²) < 4.78 is 44.4. The number of anilines is 1. The van der Waals surface area contributed by atoms with Crippen LogP contribution in [0.4, 0.5) is 19.0 Å². The van der Waals surface area contributed by atoms with Gasteiger partial charge in [0.05, 0.1) is 18.4 Å². The Morgan fingerprint density at radius 1 is 1.30 bits per heavy atom. The van der Waals surface area contributed by atoms with Crippen molar-refractivity contribution in [2.24, 2.45) is 5.92 Å². The molecule has 0 bridgehead atoms. The van der Waals surface area contributed by atoms with Crippen molar-refractivity contribution < 1.29 is 28.1 Å². The predicted octanol–water partition coefficient (Wildman–Crippen LogP) is 4.79. The average Bonchev–Trinajstić information content (AvgIpc) is 2.74. The van der Waals surface area contributed by atoms with E-state index in [1.807, 2.05) is 13.8 Å². The minimum absolute atomic E-state index is 0.0970. The maximum absolute atomic E-state index is 12.7. The number of ether oxygens (including phenoxy) is 1. The Labute approximate surface area is 158 Å². The number of hydrogen-bond donors (Lipinski definition) is 3. The molecule has 6 nitrogen and oxygen atoms in total. The molecule has 2 aromatic heterocycles. The second-order valence-corrected chi connectivity index (χ2v) is 6.55. The van der Waals surface area contributed by atoms with Crippen molar-refractivity contribution in [2.45, 2.75) is 26.9 Å². The van der Waals surface area contributed by atoms with Crippen molar-refractivity contribution in [2.75, 3.05) is 12.0 Å². The molecule has 0 radical (unpaired) electrons. The van der Waals surface area contributed by atoms with E-state index in [2.05, 4.69) is 10.4 Å². The summed E-state index contributed by atoms with van der Waals surface area (Å²) in [6.45, 7) is 5.99. The summed E-state index contributed by atoms with van der Waals surface area (Å²) in [6, 6.07) is 1.78. The SMILES string of the molecule is Cc1c(/C=C/OCC(C)C)c(O)n(Nc2ccc(C(F)(F)F)c(Cl)n2)c1O. The number of hydrogen-bond acceptors (Lipinski definition) is 5. The van der Waals surface area contributed by atoms with E-state index in [1.54, 1.807) is 6.92 Å². The summed E-state index contributed by atoms with van der Waals surface area (Å²) in [5, 5.41) is 19.7. The van der Waals surface area contributed by atoms with Crippen LogP contribution in [0.15, 0.2) is 18.4 Å². The second kappa shape index (κ2) is 7.99. The molecule has 0 aromatic carbocycles. The molecular weight excluding hydrogens is 387 g/mol. The molecule has 0 aliphatic carbocycles. The van der Waals surface area contributed by atoms with Crippen LogP contribution in [0.1, 0.15) is 30.5 Å². The largest absolute Gasteiger partial charge is 0.501 e. The maximum Gasteiger partial charge on any atom is 0.419 e. The number of halogens is 4. The highest BCUT2D eigenvalue weighted by Crippen LogP contribution is 2.36. The molecule has 0 saturated carbocycles. The van der Waals surface area contributed by atoms with Crippen LogP contribution in [0, 0.1) is 12.8 Å². The molecule has 0 unspecified atom stereocenters. The number of aromatic hydroxyl groups is 2. The minimum Gasteiger partial charge on any atom is -0.501 e. The molecule has 148 valence electrons. The Hall–Kier alpha value is -2.55. The first kappa shape index (κ1) is 20.8. The van der Waals surface area contributed by atoms with E-state index in [0.29, 0.717) is 18.1 Å². The Morgan fingerprint density at radius 3 is 2.52 bits per heavy atom. The molecular formula is C17H19ClF3N3O3. The molecule has 0 aliphatic heterocycles. The minimum atomic E-state index is -4.63. The Bertz CT molecular complexity index is 848. The van der Waals surface area contributed by atoms with E-state index in [0.717, 1.165) is 16.8 Å². The number of nitrogens with one attached hydrogen (secondary N) is 1. The van der Waals surface area contributed by atoms with Crippen molar-refractivity contribution >= 4 is 23.5 Å². The van der Waals surface area contributed by atoms with Crippen LogP contribution < -0.4 is 5.43 Å². The Balaban J connectivity index is 2.27. The number of aromatic nitrogens is 2. The third-order valence-corrected chi connectivity index (χ3v) is 3.83. The van der Waals surface area contributed by atoms with E-state index in [9.17, 15) is 23.4 Å². The third kappa shape index (κ3) is 4.79. The predicted molar refractivity (Wildman–Crippen MR) is 95.6 cm³/mol. The molecule has 2 rings (SSSR count). The van der Waals surface area contributed by atoms with E-state index in [-0.39, 0.29) is 23.1 Å². The standard InChI is InChI=1S/C17H19ClF3N3O3/c1-9(2)8-27-7-6-11-10(3)15(25)24(16(11)26)23-13-5-4-12(14(18)22-13)17(19,20)21/h4-7,9,25-26H,8H2,1-3H3,(H,22,23)/b7-6+. The van der Waals surface area contributed by atoms with Crippen molar-refractivity contribution in [3.63, 3.8) is 0 Å². The monoisotopic (exact) mass is 405 g/mol. The molecule has 0 atom stereocenters. The number of pyridine rings is 1. The lowest BCUT2D eigenvalue weighted by Gasteiger charge is -2.12. The van der Waals surface area contributed by atoms with Crippen LogP contribution in [0.2, 0.25) is 5.15 Å². The van der Waals surface area contributed by atoms with Gasteiger partial charge in [0.2, 0.25) is 11.8 Å². The van der Waals surface area contributed by atoms with Gasteiger partial charge < -0.3 is 14.9 Å². The zero-order chi connectivity index (χ0) is 20.4. The summed E-state index contributed by atoms with van der Waals surface area (Å²) in [7, 11) is 0. The fourth-order valence-electron chi connectivity index (χ4n) is 2.17. The van der Waals surface area contributed by atoms with Crippen LogP contribution in [0.3, 0.4) is 0 Å². The molecule has 10 heteroatoms. The van der Waals surface area contributed by atoms with E-state index in [1.165, 1.54) is 12.3 Å². The van der Waals surface area contributed by atoms with Crippen LogP contribution in [-0.2, 0) is 10.9 Å². The van der Waals surface area contributed by atoms with E-state index < -0.39 is 16.9 Å². The summed E-state index contributed by atoms with van der Waals surface area (Å²) >= 11 is 5.57. The molecule has 3 N–H and O–H groups in total. The van der Waals surface area contributed by atoms with Crippen molar-refractivity contribution in [1.82, 2.24) is 9.66 Å². The second-order valence-electron chi connectivity index (χ2n) is 6.20. The highest BCUT2D eigenvalue weighted by Gasteiger charge is 2.34. The zero-order valence-corrected chi connectivity index (χ0v) is 15.6. The third-order valence-electron chi connectivity index (χ3n) is 3.54. The number of nitrogens with zero attached hydrogens (tertiary/aromatic N) is 2. The maximum atomic E-state index is 12.7. The molecule has 2 aromatic rings. The van der Waals surface area contributed by atoms with Crippen LogP contribution in [0.5, 0.6) is 11.8 Å². The average molecular weight is 406 g/mol. The molecule has 0 saturated heterocycles. The van der Waals surface area contributed by atoms with Crippen LogP contribution >= 0.6 is 11.6 Å². The molecule has 27 heavy (non-hydrogen) atoms. The van der Waals surface area contributed by atoms with Gasteiger partial charge >= 0.3 is 6.18 Å². The number of rotatable bonds is 6. The van der Waals surface area contributed by atoms with Gasteiger partial charge in [0, 0.05) is 11.1 Å². The Kier molecular flexibility index (Phi) is 6.15. The van der Waals surface area contributed by atoms with E-state index in [4.69, 9.17) is 16.3 Å². The van der Waals surface area contributed by atoms with Gasteiger partial charge in [0.15, 0.2) is 0 Å². The van der Waals surface area contributed by atoms with Gasteiger partial charge in [-0.25, -0.2) is 4.98 Å². The van der Waals surface area contributed by atoms with Gasteiger partial charge in [0.1, 0.15) is 11.0 Å². The summed E-state index contributed by atoms with van der Waals surface area (Å²) in [5.41, 5.74) is 2.04. The molecule has 0 amide bonds. The first-order valence-electron chi connectivity index (χ1n) is 7.94. The van der Waals surface area contributed by atoms with Crippen LogP contribution in [-0.4, -0.2) is 26.5 Å². The molecule has 0 fully saturated rings. The lowest BCUT2D eigenvalue weighted by molar-refractivity contribution is -0.137. The summed E-state index contributed by atoms with van der Waals surface area (Å²) in [5.74, 6) is -0.485. The van der Waals surface area contributed by atoms with Gasteiger partial charge in [-0.05, 0) is 31.1 Å². The smallest absolute Gasteiger partial charge is 0.419 e. The topological polar surface area (TPSA) is 79.5 Å². The lowest BCUT2D eigenvalue weighted by Crippen LogP contribution is -2.12. The van der Waals surface area contributed by atoms with Gasteiger partial charge in [0.25, 0.3) is 0 Å². The number of alkyl halides is 3. The highest BCUT2D eigenvalue weighted by atomic mass is 35.5. The zero-order valence-electron chi connectivity index (χ0n) is 14.8. The van der Waals surface area contributed by atoms with E-state index >= 15 is 0 Å². The van der Waals surface area contributed by atoms with Gasteiger partial charge in [-0.2, -0.15) is 17.8 Å². The quantitative estimate of drug-likeness (QED) is 0.475. The van der Waals surface area contributed by atoms with Crippen molar-refractivity contribution in [1.29, 1.82) is 0 Å². The molecule has 2 heterocycles. The Morgan fingerprint density at radius 2 is 1.96 bits per heavy atom. The molecule has 0 spiro atoms. The van der Waals surface area contributed by atoms with Crippen LogP contribution in [0.25, 0.3) is 6.08 Å². The van der Waals surface area contributed by atoms with Crippen molar-refractivity contribution in [3.8, 4) is 11.8 Å².